The lowest BCUT2D eigenvalue weighted by atomic mass is 9.68. The number of amides is 2. The zero-order chi connectivity index (χ0) is 23.9. The first kappa shape index (κ1) is 21.7. The number of aliphatic carboxylic acids is 1. The summed E-state index contributed by atoms with van der Waals surface area (Å²) >= 11 is 2.76. The highest BCUT2D eigenvalue weighted by atomic mass is 32.2. The van der Waals surface area contributed by atoms with E-state index in [0.717, 1.165) is 38.1 Å². The number of phenols is 1. The molecular formula is C23H22N2O7S2. The second-order valence-electron chi connectivity index (χ2n) is 9.36. The number of aromatic amines is 1. The number of carboxylic acids is 1. The van der Waals surface area contributed by atoms with Gasteiger partial charge < -0.3 is 19.9 Å². The molecule has 2 amide bonds. The van der Waals surface area contributed by atoms with Crippen LogP contribution in [0.4, 0.5) is 0 Å². The number of aromatic hydroxyl groups is 1. The second kappa shape index (κ2) is 7.61. The topological polar surface area (TPSA) is 137 Å². The van der Waals surface area contributed by atoms with E-state index in [4.69, 9.17) is 9.84 Å². The van der Waals surface area contributed by atoms with Gasteiger partial charge in [0.2, 0.25) is 11.8 Å². The van der Waals surface area contributed by atoms with Crippen molar-refractivity contribution in [3.63, 3.8) is 0 Å². The van der Waals surface area contributed by atoms with Gasteiger partial charge in [0.05, 0.1) is 30.4 Å². The Labute approximate surface area is 202 Å². The predicted molar refractivity (Wildman–Crippen MR) is 122 cm³/mol. The third-order valence-corrected chi connectivity index (χ3v) is 10.5. The van der Waals surface area contributed by atoms with Crippen molar-refractivity contribution in [1.82, 2.24) is 9.88 Å². The average Bonchev–Trinajstić information content (AvgIpc) is 3.52. The minimum atomic E-state index is -1.04. The molecule has 2 aliphatic heterocycles. The van der Waals surface area contributed by atoms with E-state index in [2.05, 4.69) is 4.98 Å². The van der Waals surface area contributed by atoms with Crippen LogP contribution in [0, 0.1) is 29.6 Å². The van der Waals surface area contributed by atoms with Gasteiger partial charge in [-0.3, -0.25) is 24.1 Å². The molecule has 178 valence electrons. The number of imide groups is 1. The summed E-state index contributed by atoms with van der Waals surface area (Å²) in [4.78, 5) is 54.7. The van der Waals surface area contributed by atoms with Gasteiger partial charge >= 0.3 is 10.8 Å². The number of ether oxygens (including phenoxy) is 1. The maximum Gasteiger partial charge on any atom is 0.305 e. The van der Waals surface area contributed by atoms with E-state index in [9.17, 15) is 24.3 Å². The Hall–Kier alpha value is -2.79. The van der Waals surface area contributed by atoms with Crippen molar-refractivity contribution < 1.29 is 29.3 Å². The van der Waals surface area contributed by atoms with Crippen molar-refractivity contribution in [2.75, 3.05) is 13.7 Å². The normalized spacial score (nSPS) is 33.1. The maximum absolute atomic E-state index is 13.3. The fourth-order valence-corrected chi connectivity index (χ4v) is 9.66. The van der Waals surface area contributed by atoms with Gasteiger partial charge in [0.1, 0.15) is 0 Å². The highest BCUT2D eigenvalue weighted by Crippen LogP contribution is 2.68. The monoisotopic (exact) mass is 502 g/mol. The van der Waals surface area contributed by atoms with E-state index in [1.54, 1.807) is 23.9 Å². The van der Waals surface area contributed by atoms with Gasteiger partial charge in [-0.15, -0.1) is 11.8 Å². The fraction of sp³-hybridized carbons (Fsp3) is 0.478. The largest absolute Gasteiger partial charge is 0.504 e. The number of thiazole rings is 1. The standard InChI is InChI=1S/C23H22N2O7S2/c1-32-12-6-8(2-3-11(12)26)14-15-9-7-10(18(15)33-20-19(14)34-23(31)24-20)17-16(9)21(29)25(22(17)30)5-4-13(27)28/h2-3,6,9-10,14-18,26H,4-5,7H2,1H3,(H,24,31)(H,27,28)/t9-,10+,14+,15+,16+,17+,18+/m0/s1. The van der Waals surface area contributed by atoms with Crippen molar-refractivity contribution in [1.29, 1.82) is 0 Å². The Morgan fingerprint density at radius 1 is 1.21 bits per heavy atom. The fourth-order valence-electron chi connectivity index (χ4n) is 6.77. The Morgan fingerprint density at radius 2 is 1.94 bits per heavy atom. The minimum absolute atomic E-state index is 0.0191. The van der Waals surface area contributed by atoms with Gasteiger partial charge in [-0.1, -0.05) is 17.4 Å². The molecule has 0 spiro atoms. The summed E-state index contributed by atoms with van der Waals surface area (Å²) in [5.74, 6) is -2.29. The van der Waals surface area contributed by atoms with E-state index in [1.165, 1.54) is 7.11 Å². The van der Waals surface area contributed by atoms with Crippen molar-refractivity contribution in [2.24, 2.45) is 29.6 Å². The third kappa shape index (κ3) is 2.92. The number of carbonyl (C=O) groups is 3. The van der Waals surface area contributed by atoms with E-state index >= 15 is 0 Å². The number of likely N-dealkylation sites (tertiary alicyclic amines) is 1. The van der Waals surface area contributed by atoms with Crippen LogP contribution in [0.3, 0.4) is 0 Å². The maximum atomic E-state index is 13.3. The van der Waals surface area contributed by atoms with Gasteiger partial charge in [0, 0.05) is 22.6 Å². The average molecular weight is 503 g/mol. The van der Waals surface area contributed by atoms with E-state index in [-0.39, 0.29) is 64.3 Å². The number of hydrogen-bond acceptors (Lipinski definition) is 8. The van der Waals surface area contributed by atoms with Crippen LogP contribution in [-0.4, -0.2) is 56.8 Å². The zero-order valence-electron chi connectivity index (χ0n) is 18.1. The number of carboxylic acid groups (broad SMARTS) is 1. The summed E-state index contributed by atoms with van der Waals surface area (Å²) < 4.78 is 5.33. The Morgan fingerprint density at radius 3 is 2.65 bits per heavy atom. The molecule has 4 aliphatic rings. The van der Waals surface area contributed by atoms with E-state index in [1.807, 2.05) is 6.07 Å². The SMILES string of the molecule is COc1cc([C@H]2c3sc(=O)[nH]c3S[C@@H]3[C@@H]4C[C@H]([C@H]5C(=O)N(CCC(=O)O)C(=O)[C@H]45)[C@H]23)ccc1O. The Balaban J connectivity index is 1.42. The molecule has 2 aliphatic carbocycles. The Kier molecular flexibility index (Phi) is 4.86. The number of carbonyl (C=O) groups excluding carboxylic acids is 2. The lowest BCUT2D eigenvalue weighted by Crippen LogP contribution is -2.42. The molecule has 7 atom stereocenters. The molecular weight excluding hydrogens is 480 g/mol. The molecule has 2 aromatic rings. The smallest absolute Gasteiger partial charge is 0.305 e. The lowest BCUT2D eigenvalue weighted by molar-refractivity contribution is -0.142. The molecule has 6 rings (SSSR count). The first-order valence-electron chi connectivity index (χ1n) is 11.1. The molecule has 34 heavy (non-hydrogen) atoms. The summed E-state index contributed by atoms with van der Waals surface area (Å²) in [6.07, 6.45) is 0.495. The number of nitrogens with one attached hydrogen (secondary N) is 1. The van der Waals surface area contributed by atoms with Crippen LogP contribution in [-0.2, 0) is 14.4 Å². The number of H-pyrrole nitrogens is 1. The van der Waals surface area contributed by atoms with Crippen LogP contribution < -0.4 is 9.61 Å². The third-order valence-electron chi connectivity index (χ3n) is 7.93. The van der Waals surface area contributed by atoms with Crippen LogP contribution in [0.25, 0.3) is 0 Å². The van der Waals surface area contributed by atoms with E-state index in [0.29, 0.717) is 5.75 Å². The van der Waals surface area contributed by atoms with Crippen LogP contribution >= 0.6 is 23.1 Å². The first-order valence-corrected chi connectivity index (χ1v) is 12.8. The number of benzene rings is 1. The molecule has 1 saturated heterocycles. The highest BCUT2D eigenvalue weighted by Gasteiger charge is 2.69. The van der Waals surface area contributed by atoms with Gasteiger partial charge in [-0.25, -0.2) is 0 Å². The first-order chi connectivity index (χ1) is 16.3. The zero-order valence-corrected chi connectivity index (χ0v) is 19.7. The van der Waals surface area contributed by atoms with Crippen molar-refractivity contribution >= 4 is 40.9 Å². The number of thioether (sulfide) groups is 1. The van der Waals surface area contributed by atoms with Crippen molar-refractivity contribution in [3.05, 3.63) is 38.3 Å². The molecule has 11 heteroatoms. The van der Waals surface area contributed by atoms with Gasteiger partial charge in [-0.05, 0) is 41.9 Å². The molecule has 2 bridgehead atoms. The van der Waals surface area contributed by atoms with Crippen molar-refractivity contribution in [2.45, 2.75) is 29.0 Å². The number of fused-ring (bicyclic) bond motifs is 9. The van der Waals surface area contributed by atoms with Crippen LogP contribution in [0.1, 0.15) is 29.2 Å². The van der Waals surface area contributed by atoms with Crippen molar-refractivity contribution in [3.8, 4) is 11.5 Å². The van der Waals surface area contributed by atoms with Gasteiger partial charge in [0.25, 0.3) is 0 Å². The highest BCUT2D eigenvalue weighted by molar-refractivity contribution is 8.00. The summed E-state index contributed by atoms with van der Waals surface area (Å²) in [7, 11) is 1.48. The molecule has 1 aromatic carbocycles. The predicted octanol–water partition coefficient (Wildman–Crippen LogP) is 2.10. The number of phenolic OH excluding ortho intramolecular Hbond substituents is 1. The molecule has 3 heterocycles. The number of rotatable bonds is 5. The molecule has 3 fully saturated rings. The summed E-state index contributed by atoms with van der Waals surface area (Å²) in [6, 6.07) is 5.19. The van der Waals surface area contributed by atoms with E-state index < -0.39 is 17.8 Å². The number of nitrogens with zero attached hydrogens (tertiary/aromatic N) is 1. The number of aromatic nitrogens is 1. The molecule has 1 aromatic heterocycles. The van der Waals surface area contributed by atoms with Crippen LogP contribution in [0.2, 0.25) is 0 Å². The molecule has 0 unspecified atom stereocenters. The lowest BCUT2D eigenvalue weighted by Gasteiger charge is -2.43. The number of hydrogen-bond donors (Lipinski definition) is 3. The molecule has 0 radical (unpaired) electrons. The quantitative estimate of drug-likeness (QED) is 0.529. The van der Waals surface area contributed by atoms with Crippen LogP contribution in [0.15, 0.2) is 28.0 Å². The van der Waals surface area contributed by atoms with Crippen LogP contribution in [0.5, 0.6) is 11.5 Å². The summed E-state index contributed by atoms with van der Waals surface area (Å²) in [5, 5.41) is 20.0. The second-order valence-corrected chi connectivity index (χ2v) is 11.6. The molecule has 9 nitrogen and oxygen atoms in total. The molecule has 3 N–H and O–H groups in total. The summed E-state index contributed by atoms with van der Waals surface area (Å²) in [5.41, 5.74) is 0.894. The number of methoxy groups -OCH3 is 1. The van der Waals surface area contributed by atoms with Gasteiger partial charge in [-0.2, -0.15) is 0 Å². The molecule has 2 saturated carbocycles. The minimum Gasteiger partial charge on any atom is -0.504 e. The Bertz CT molecular complexity index is 1290. The summed E-state index contributed by atoms with van der Waals surface area (Å²) in [6.45, 7) is -0.0961. The van der Waals surface area contributed by atoms with Gasteiger partial charge in [0.15, 0.2) is 11.5 Å².